The van der Waals surface area contributed by atoms with Gasteiger partial charge in [0.15, 0.2) is 0 Å². The van der Waals surface area contributed by atoms with Crippen LogP contribution in [0.2, 0.25) is 0 Å². The van der Waals surface area contributed by atoms with Gasteiger partial charge in [-0.15, -0.1) is 0 Å². The summed E-state index contributed by atoms with van der Waals surface area (Å²) in [4.78, 5) is 40.3. The van der Waals surface area contributed by atoms with Crippen molar-refractivity contribution in [1.29, 1.82) is 0 Å². The van der Waals surface area contributed by atoms with Crippen molar-refractivity contribution in [3.8, 4) is 5.75 Å². The van der Waals surface area contributed by atoms with Gasteiger partial charge in [-0.2, -0.15) is 0 Å². The van der Waals surface area contributed by atoms with E-state index >= 15 is 0 Å². The third kappa shape index (κ3) is 4.37. The maximum atomic E-state index is 13.4. The highest BCUT2D eigenvalue weighted by Crippen LogP contribution is 2.33. The van der Waals surface area contributed by atoms with Gasteiger partial charge in [0.25, 0.3) is 5.91 Å². The number of imide groups is 1. The number of hydrogen-bond donors (Lipinski definition) is 2. The SMILES string of the molecule is CC[C@]1(c2ccc(OC)cc2)NC(=O)N(CC(=O)NC(c2ccccc2)c2ccccc2)C1=O. The molecule has 4 amide bonds. The molecule has 0 aromatic heterocycles. The Bertz CT molecular complexity index is 1130. The molecule has 0 radical (unpaired) electrons. The monoisotopic (exact) mass is 457 g/mol. The standard InChI is InChI=1S/C27H27N3O4/c1-3-27(21-14-16-22(34-2)17-15-21)25(32)30(26(33)29-27)18-23(31)28-24(19-10-6-4-7-11-19)20-12-8-5-9-13-20/h4-17,24H,3,18H2,1-2H3,(H,28,31)(H,29,33)/t27-/m1/s1. The van der Waals surface area contributed by atoms with Crippen molar-refractivity contribution in [1.82, 2.24) is 15.5 Å². The molecule has 0 bridgehead atoms. The smallest absolute Gasteiger partial charge is 0.325 e. The Hall–Kier alpha value is -4.13. The van der Waals surface area contributed by atoms with E-state index in [4.69, 9.17) is 4.74 Å². The zero-order valence-corrected chi connectivity index (χ0v) is 19.2. The minimum absolute atomic E-state index is 0.346. The molecule has 0 aliphatic carbocycles. The maximum absolute atomic E-state index is 13.4. The molecule has 1 atom stereocenters. The maximum Gasteiger partial charge on any atom is 0.325 e. The molecule has 0 spiro atoms. The Morgan fingerprint density at radius 3 is 2.00 bits per heavy atom. The minimum atomic E-state index is -1.22. The van der Waals surface area contributed by atoms with Gasteiger partial charge in [0.2, 0.25) is 5.91 Å². The van der Waals surface area contributed by atoms with Gasteiger partial charge in [0.05, 0.1) is 13.2 Å². The second-order valence-corrected chi connectivity index (χ2v) is 8.13. The van der Waals surface area contributed by atoms with Crippen molar-refractivity contribution in [2.45, 2.75) is 24.9 Å². The van der Waals surface area contributed by atoms with Gasteiger partial charge in [-0.25, -0.2) is 4.79 Å². The second-order valence-electron chi connectivity index (χ2n) is 8.13. The number of ether oxygens (including phenoxy) is 1. The normalized spacial score (nSPS) is 17.6. The molecule has 2 N–H and O–H groups in total. The van der Waals surface area contributed by atoms with Crippen LogP contribution in [0, 0.1) is 0 Å². The Labute approximate surface area is 198 Å². The summed E-state index contributed by atoms with van der Waals surface area (Å²) < 4.78 is 5.19. The molecule has 174 valence electrons. The Morgan fingerprint density at radius 1 is 0.941 bits per heavy atom. The number of urea groups is 1. The van der Waals surface area contributed by atoms with Crippen LogP contribution in [0.5, 0.6) is 5.75 Å². The van der Waals surface area contributed by atoms with Crippen molar-refractivity contribution in [3.05, 3.63) is 102 Å². The molecule has 1 aliphatic rings. The number of nitrogens with zero attached hydrogens (tertiary/aromatic N) is 1. The van der Waals surface area contributed by atoms with Gasteiger partial charge in [0.1, 0.15) is 17.8 Å². The average Bonchev–Trinajstić information content (AvgIpc) is 3.13. The van der Waals surface area contributed by atoms with Gasteiger partial charge in [-0.05, 0) is 35.2 Å². The number of carbonyl (C=O) groups is 3. The molecular formula is C27H27N3O4. The lowest BCUT2D eigenvalue weighted by molar-refractivity contribution is -0.135. The molecule has 34 heavy (non-hydrogen) atoms. The molecule has 3 aromatic carbocycles. The summed E-state index contributed by atoms with van der Waals surface area (Å²) in [6, 6.07) is 25.1. The van der Waals surface area contributed by atoms with Crippen LogP contribution >= 0.6 is 0 Å². The molecule has 1 heterocycles. The predicted molar refractivity (Wildman–Crippen MR) is 128 cm³/mol. The first kappa shape index (κ1) is 23.0. The summed E-state index contributed by atoms with van der Waals surface area (Å²) in [5.74, 6) is -0.227. The summed E-state index contributed by atoms with van der Waals surface area (Å²) in [6.07, 6.45) is 0.346. The number of carbonyl (C=O) groups excluding carboxylic acids is 3. The number of nitrogens with one attached hydrogen (secondary N) is 2. The fourth-order valence-electron chi connectivity index (χ4n) is 4.28. The van der Waals surface area contributed by atoms with Crippen molar-refractivity contribution >= 4 is 17.8 Å². The molecule has 0 unspecified atom stereocenters. The Morgan fingerprint density at radius 2 is 1.50 bits per heavy atom. The summed E-state index contributed by atoms with van der Waals surface area (Å²) in [6.45, 7) is 1.45. The molecule has 7 heteroatoms. The molecule has 3 aromatic rings. The van der Waals surface area contributed by atoms with Crippen LogP contribution in [0.25, 0.3) is 0 Å². The number of hydrogen-bond acceptors (Lipinski definition) is 4. The molecule has 1 fully saturated rings. The molecule has 0 saturated carbocycles. The molecule has 1 saturated heterocycles. The summed E-state index contributed by atoms with van der Waals surface area (Å²) in [5.41, 5.74) is 1.23. The molecule has 4 rings (SSSR count). The van der Waals surface area contributed by atoms with Crippen molar-refractivity contribution in [2.75, 3.05) is 13.7 Å². The van der Waals surface area contributed by atoms with Crippen LogP contribution in [-0.4, -0.2) is 36.4 Å². The van der Waals surface area contributed by atoms with Crippen LogP contribution in [0.4, 0.5) is 4.79 Å². The lowest BCUT2D eigenvalue weighted by atomic mass is 9.87. The third-order valence-electron chi connectivity index (χ3n) is 6.16. The zero-order chi connectivity index (χ0) is 24.1. The highest BCUT2D eigenvalue weighted by Gasteiger charge is 2.51. The van der Waals surface area contributed by atoms with E-state index in [9.17, 15) is 14.4 Å². The van der Waals surface area contributed by atoms with E-state index in [0.717, 1.165) is 16.0 Å². The van der Waals surface area contributed by atoms with Crippen LogP contribution in [0.15, 0.2) is 84.9 Å². The lowest BCUT2D eigenvalue weighted by Gasteiger charge is -2.26. The summed E-state index contributed by atoms with van der Waals surface area (Å²) in [7, 11) is 1.56. The fourth-order valence-corrected chi connectivity index (χ4v) is 4.28. The Balaban J connectivity index is 1.55. The molecule has 7 nitrogen and oxygen atoms in total. The zero-order valence-electron chi connectivity index (χ0n) is 19.2. The van der Waals surface area contributed by atoms with Crippen LogP contribution in [0.3, 0.4) is 0 Å². The summed E-state index contributed by atoms with van der Waals surface area (Å²) >= 11 is 0. The van der Waals surface area contributed by atoms with Gasteiger partial charge in [0, 0.05) is 0 Å². The first-order chi connectivity index (χ1) is 16.5. The van der Waals surface area contributed by atoms with Gasteiger partial charge >= 0.3 is 6.03 Å². The Kier molecular flexibility index (Phi) is 6.63. The van der Waals surface area contributed by atoms with E-state index in [0.29, 0.717) is 17.7 Å². The fraction of sp³-hybridized carbons (Fsp3) is 0.222. The van der Waals surface area contributed by atoms with E-state index in [1.54, 1.807) is 31.4 Å². The van der Waals surface area contributed by atoms with E-state index in [2.05, 4.69) is 10.6 Å². The first-order valence-corrected chi connectivity index (χ1v) is 11.2. The van der Waals surface area contributed by atoms with E-state index < -0.39 is 29.4 Å². The van der Waals surface area contributed by atoms with E-state index in [1.165, 1.54) is 0 Å². The van der Waals surface area contributed by atoms with Gasteiger partial charge < -0.3 is 15.4 Å². The third-order valence-corrected chi connectivity index (χ3v) is 6.16. The number of amides is 4. The molecular weight excluding hydrogens is 430 g/mol. The van der Waals surface area contributed by atoms with E-state index in [1.807, 2.05) is 67.6 Å². The minimum Gasteiger partial charge on any atom is -0.497 e. The van der Waals surface area contributed by atoms with Gasteiger partial charge in [-0.1, -0.05) is 79.7 Å². The largest absolute Gasteiger partial charge is 0.497 e. The number of benzene rings is 3. The highest BCUT2D eigenvalue weighted by atomic mass is 16.5. The lowest BCUT2D eigenvalue weighted by Crippen LogP contribution is -2.45. The van der Waals surface area contributed by atoms with Crippen LogP contribution < -0.4 is 15.4 Å². The van der Waals surface area contributed by atoms with Crippen molar-refractivity contribution in [3.63, 3.8) is 0 Å². The van der Waals surface area contributed by atoms with Gasteiger partial charge in [-0.3, -0.25) is 14.5 Å². The van der Waals surface area contributed by atoms with Crippen LogP contribution in [0.1, 0.15) is 36.1 Å². The second kappa shape index (κ2) is 9.79. The topological polar surface area (TPSA) is 87.7 Å². The summed E-state index contributed by atoms with van der Waals surface area (Å²) in [5, 5.41) is 5.80. The van der Waals surface area contributed by atoms with Crippen LogP contribution in [-0.2, 0) is 15.1 Å². The predicted octanol–water partition coefficient (Wildman–Crippen LogP) is 3.76. The quantitative estimate of drug-likeness (QED) is 0.504. The number of methoxy groups -OCH3 is 1. The average molecular weight is 458 g/mol. The highest BCUT2D eigenvalue weighted by molar-refractivity contribution is 6.09. The number of rotatable bonds is 8. The van der Waals surface area contributed by atoms with Crippen molar-refractivity contribution in [2.24, 2.45) is 0 Å². The molecule has 1 aliphatic heterocycles. The van der Waals surface area contributed by atoms with Crippen molar-refractivity contribution < 1.29 is 19.1 Å². The van der Waals surface area contributed by atoms with E-state index in [-0.39, 0.29) is 6.54 Å². The first-order valence-electron chi connectivity index (χ1n) is 11.2.